The van der Waals surface area contributed by atoms with E-state index in [1.165, 1.54) is 0 Å². The molecule has 17 heavy (non-hydrogen) atoms. The molecular formula is C12H21F3O2. The molecule has 1 saturated carbocycles. The highest BCUT2D eigenvalue weighted by Crippen LogP contribution is 2.32. The minimum Gasteiger partial charge on any atom is -0.390 e. The Morgan fingerprint density at radius 3 is 2.29 bits per heavy atom. The molecule has 1 atom stereocenters. The number of ether oxygens (including phenoxy) is 1. The van der Waals surface area contributed by atoms with Crippen LogP contribution in [0, 0.1) is 11.8 Å². The van der Waals surface area contributed by atoms with Crippen molar-refractivity contribution < 1.29 is 23.0 Å². The van der Waals surface area contributed by atoms with Crippen LogP contribution in [0.3, 0.4) is 0 Å². The van der Waals surface area contributed by atoms with Gasteiger partial charge in [-0.25, -0.2) is 0 Å². The van der Waals surface area contributed by atoms with Crippen LogP contribution in [-0.4, -0.2) is 30.6 Å². The Balaban J connectivity index is 2.18. The van der Waals surface area contributed by atoms with Crippen LogP contribution in [0.15, 0.2) is 0 Å². The lowest BCUT2D eigenvalue weighted by Crippen LogP contribution is -2.31. The van der Waals surface area contributed by atoms with E-state index in [9.17, 15) is 18.3 Å². The van der Waals surface area contributed by atoms with Crippen LogP contribution in [0.1, 0.15) is 39.0 Å². The average molecular weight is 254 g/mol. The average Bonchev–Trinajstić information content (AvgIpc) is 2.27. The van der Waals surface area contributed by atoms with Gasteiger partial charge in [-0.1, -0.05) is 26.2 Å². The van der Waals surface area contributed by atoms with Crippen molar-refractivity contribution in [3.8, 4) is 0 Å². The van der Waals surface area contributed by atoms with E-state index in [1.54, 1.807) is 0 Å². The van der Waals surface area contributed by atoms with Crippen molar-refractivity contribution in [2.75, 3.05) is 13.2 Å². The van der Waals surface area contributed by atoms with Gasteiger partial charge in [0.2, 0.25) is 0 Å². The second-order valence-electron chi connectivity index (χ2n) is 4.89. The first-order valence-corrected chi connectivity index (χ1v) is 6.25. The largest absolute Gasteiger partial charge is 0.411 e. The van der Waals surface area contributed by atoms with Gasteiger partial charge in [0.25, 0.3) is 0 Å². The Labute approximate surface area is 100 Å². The topological polar surface area (TPSA) is 29.5 Å². The molecule has 1 aliphatic rings. The maximum absolute atomic E-state index is 11.8. The van der Waals surface area contributed by atoms with Crippen LogP contribution in [0.4, 0.5) is 13.2 Å². The zero-order valence-corrected chi connectivity index (χ0v) is 10.2. The molecule has 1 N–H and O–H groups in total. The van der Waals surface area contributed by atoms with Crippen molar-refractivity contribution in [3.63, 3.8) is 0 Å². The lowest BCUT2D eigenvalue weighted by Gasteiger charge is -2.30. The Morgan fingerprint density at radius 2 is 1.82 bits per heavy atom. The molecule has 0 aromatic carbocycles. The van der Waals surface area contributed by atoms with Gasteiger partial charge in [0, 0.05) is 0 Å². The van der Waals surface area contributed by atoms with E-state index in [-0.39, 0.29) is 12.5 Å². The summed E-state index contributed by atoms with van der Waals surface area (Å²) in [6.07, 6.45) is 0.0154. The molecule has 0 aliphatic heterocycles. The number of aliphatic hydroxyl groups excluding tert-OH is 1. The lowest BCUT2D eigenvalue weighted by atomic mass is 9.78. The van der Waals surface area contributed by atoms with E-state index in [1.807, 2.05) is 0 Å². The maximum Gasteiger partial charge on any atom is 0.411 e. The van der Waals surface area contributed by atoms with Gasteiger partial charge >= 0.3 is 6.18 Å². The van der Waals surface area contributed by atoms with Gasteiger partial charge in [-0.2, -0.15) is 13.2 Å². The lowest BCUT2D eigenvalue weighted by molar-refractivity contribution is -0.181. The van der Waals surface area contributed by atoms with Crippen LogP contribution in [0.25, 0.3) is 0 Å². The van der Waals surface area contributed by atoms with Crippen molar-refractivity contribution >= 4 is 0 Å². The quantitative estimate of drug-likeness (QED) is 0.816. The van der Waals surface area contributed by atoms with E-state index in [4.69, 9.17) is 0 Å². The van der Waals surface area contributed by atoms with Gasteiger partial charge in [-0.15, -0.1) is 0 Å². The molecule has 1 aliphatic carbocycles. The highest BCUT2D eigenvalue weighted by atomic mass is 19.4. The number of hydrogen-bond donors (Lipinski definition) is 1. The van der Waals surface area contributed by atoms with E-state index >= 15 is 0 Å². The monoisotopic (exact) mass is 254 g/mol. The van der Waals surface area contributed by atoms with Crippen molar-refractivity contribution in [2.45, 2.75) is 51.3 Å². The fraction of sp³-hybridized carbons (Fsp3) is 1.00. The Morgan fingerprint density at radius 1 is 1.24 bits per heavy atom. The molecule has 0 spiro atoms. The van der Waals surface area contributed by atoms with Crippen LogP contribution >= 0.6 is 0 Å². The minimum atomic E-state index is -4.31. The molecule has 0 bridgehead atoms. The van der Waals surface area contributed by atoms with Gasteiger partial charge in [0.15, 0.2) is 0 Å². The number of halogens is 3. The number of alkyl halides is 3. The van der Waals surface area contributed by atoms with Gasteiger partial charge in [-0.05, 0) is 24.7 Å². The Bertz CT molecular complexity index is 210. The molecule has 102 valence electrons. The fourth-order valence-corrected chi connectivity index (χ4v) is 2.41. The van der Waals surface area contributed by atoms with Gasteiger partial charge in [0.05, 0.1) is 12.7 Å². The molecule has 0 amide bonds. The van der Waals surface area contributed by atoms with Crippen molar-refractivity contribution in [3.05, 3.63) is 0 Å². The number of rotatable bonds is 5. The second kappa shape index (κ2) is 6.59. The summed E-state index contributed by atoms with van der Waals surface area (Å²) in [6.45, 7) is 0.670. The van der Waals surface area contributed by atoms with Crippen molar-refractivity contribution in [1.82, 2.24) is 0 Å². The van der Waals surface area contributed by atoms with E-state index < -0.39 is 18.9 Å². The summed E-state index contributed by atoms with van der Waals surface area (Å²) in [6, 6.07) is 0. The number of hydrogen-bond acceptors (Lipinski definition) is 2. The summed E-state index contributed by atoms with van der Waals surface area (Å²) in [4.78, 5) is 0. The summed E-state index contributed by atoms with van der Waals surface area (Å²) in [5, 5.41) is 9.74. The van der Waals surface area contributed by atoms with E-state index in [0.717, 1.165) is 38.0 Å². The zero-order valence-electron chi connectivity index (χ0n) is 10.2. The standard InChI is InChI=1S/C12H21F3O2/c1-2-9-3-5-10(6-4-9)11(16)7-17-8-12(13,14)15/h9-11,16H,2-8H2,1H3. The first-order valence-electron chi connectivity index (χ1n) is 6.25. The first-order chi connectivity index (χ1) is 7.92. The summed E-state index contributed by atoms with van der Waals surface area (Å²) in [7, 11) is 0. The molecule has 1 rings (SSSR count). The molecule has 1 fully saturated rings. The molecule has 2 nitrogen and oxygen atoms in total. The molecule has 0 saturated heterocycles. The van der Waals surface area contributed by atoms with Gasteiger partial charge < -0.3 is 9.84 Å². The first kappa shape index (κ1) is 14.8. The second-order valence-corrected chi connectivity index (χ2v) is 4.89. The summed E-state index contributed by atoms with van der Waals surface area (Å²) < 4.78 is 40.0. The van der Waals surface area contributed by atoms with Crippen LogP contribution < -0.4 is 0 Å². The molecule has 0 aromatic heterocycles. The van der Waals surface area contributed by atoms with Gasteiger partial charge in [0.1, 0.15) is 6.61 Å². The van der Waals surface area contributed by atoms with E-state index in [2.05, 4.69) is 11.7 Å². The highest BCUT2D eigenvalue weighted by molar-refractivity contribution is 4.76. The molecule has 0 radical (unpaired) electrons. The predicted molar refractivity (Wildman–Crippen MR) is 58.6 cm³/mol. The third-order valence-corrected chi connectivity index (χ3v) is 3.57. The predicted octanol–water partition coefficient (Wildman–Crippen LogP) is 3.14. The number of aliphatic hydroxyl groups is 1. The van der Waals surface area contributed by atoms with E-state index in [0.29, 0.717) is 0 Å². The molecule has 5 heteroatoms. The third kappa shape index (κ3) is 5.73. The summed E-state index contributed by atoms with van der Waals surface area (Å²) >= 11 is 0. The fourth-order valence-electron chi connectivity index (χ4n) is 2.41. The Kier molecular flexibility index (Phi) is 5.73. The molecular weight excluding hydrogens is 233 g/mol. The molecule has 1 unspecified atom stereocenters. The summed E-state index contributed by atoms with van der Waals surface area (Å²) in [5.74, 6) is 0.820. The van der Waals surface area contributed by atoms with Crippen molar-refractivity contribution in [1.29, 1.82) is 0 Å². The zero-order chi connectivity index (χ0) is 12.9. The third-order valence-electron chi connectivity index (χ3n) is 3.57. The van der Waals surface area contributed by atoms with Crippen LogP contribution in [0.2, 0.25) is 0 Å². The highest BCUT2D eigenvalue weighted by Gasteiger charge is 2.30. The SMILES string of the molecule is CCC1CCC(C(O)COCC(F)(F)F)CC1. The van der Waals surface area contributed by atoms with Gasteiger partial charge in [-0.3, -0.25) is 0 Å². The molecule has 0 aromatic rings. The molecule has 0 heterocycles. The van der Waals surface area contributed by atoms with Crippen molar-refractivity contribution in [2.24, 2.45) is 11.8 Å². The van der Waals surface area contributed by atoms with Crippen LogP contribution in [0.5, 0.6) is 0 Å². The minimum absolute atomic E-state index is 0.103. The maximum atomic E-state index is 11.8. The normalized spacial score (nSPS) is 28.1. The Hall–Kier alpha value is -0.290. The van der Waals surface area contributed by atoms with Crippen LogP contribution in [-0.2, 0) is 4.74 Å². The smallest absolute Gasteiger partial charge is 0.390 e. The summed E-state index contributed by atoms with van der Waals surface area (Å²) in [5.41, 5.74) is 0.